The van der Waals surface area contributed by atoms with Crippen LogP contribution in [0.15, 0.2) is 61.2 Å². The van der Waals surface area contributed by atoms with Gasteiger partial charge in [0.25, 0.3) is 0 Å². The Kier molecular flexibility index (Phi) is 8.15. The number of urea groups is 1. The van der Waals surface area contributed by atoms with Crippen molar-refractivity contribution >= 4 is 34.9 Å². The second-order valence-electron chi connectivity index (χ2n) is 10.1. The van der Waals surface area contributed by atoms with E-state index < -0.39 is 61.0 Å². The maximum Gasteiger partial charge on any atom is 0.336 e. The van der Waals surface area contributed by atoms with E-state index in [1.165, 1.54) is 24.8 Å². The number of anilines is 1. The van der Waals surface area contributed by atoms with Crippen LogP contribution in [0.3, 0.4) is 0 Å². The number of halogens is 1. The van der Waals surface area contributed by atoms with Gasteiger partial charge in [-0.05, 0) is 19.1 Å². The number of imidazole rings is 1. The minimum absolute atomic E-state index is 0.0379. The minimum atomic E-state index is -1.33. The number of hydrogen-bond acceptors (Lipinski definition) is 9. The van der Waals surface area contributed by atoms with Gasteiger partial charge < -0.3 is 30.0 Å². The third-order valence-corrected chi connectivity index (χ3v) is 7.31. The summed E-state index contributed by atoms with van der Waals surface area (Å²) in [5.74, 6) is -2.51. The molecule has 4 aromatic rings. The lowest BCUT2D eigenvalue weighted by molar-refractivity contribution is -0.147. The Hall–Kier alpha value is -4.99. The number of hydrogen-bond donors (Lipinski definition) is 4. The molecule has 0 aliphatic carbocycles. The number of rotatable bonds is 9. The zero-order valence-corrected chi connectivity index (χ0v) is 23.3. The molecule has 228 valence electrons. The molecule has 0 bridgehead atoms. The normalized spacial score (nSPS) is 22.5. The maximum atomic E-state index is 14.4. The van der Waals surface area contributed by atoms with Gasteiger partial charge in [0.05, 0.1) is 18.3 Å². The molecule has 44 heavy (non-hydrogen) atoms. The largest absolute Gasteiger partial charge is 0.478 e. The number of carbonyl (C=O) groups is 3. The zero-order valence-electron chi connectivity index (χ0n) is 23.3. The summed E-state index contributed by atoms with van der Waals surface area (Å²) in [7, 11) is 0. The van der Waals surface area contributed by atoms with Crippen LogP contribution in [-0.4, -0.2) is 73.9 Å². The number of carboxylic acid groups (broad SMARTS) is 1. The van der Waals surface area contributed by atoms with Gasteiger partial charge in [-0.15, -0.1) is 0 Å². The van der Waals surface area contributed by atoms with Crippen molar-refractivity contribution in [3.63, 3.8) is 0 Å². The topological polar surface area (TPSA) is 179 Å². The van der Waals surface area contributed by atoms with Crippen molar-refractivity contribution in [3.05, 3.63) is 83.7 Å². The van der Waals surface area contributed by atoms with Gasteiger partial charge in [-0.1, -0.05) is 36.4 Å². The zero-order chi connectivity index (χ0) is 30.8. The predicted molar refractivity (Wildman–Crippen MR) is 151 cm³/mol. The number of fused-ring (bicyclic) bond motifs is 2. The monoisotopic (exact) mass is 605 g/mol. The van der Waals surface area contributed by atoms with Gasteiger partial charge in [-0.2, -0.15) is 0 Å². The number of aromatic nitrogens is 4. The Balaban J connectivity index is 1.24. The number of benzene rings is 2. The van der Waals surface area contributed by atoms with E-state index in [0.29, 0.717) is 17.7 Å². The molecule has 0 radical (unpaired) electrons. The molecule has 15 heteroatoms. The Morgan fingerprint density at radius 3 is 2.55 bits per heavy atom. The molecule has 5 atom stereocenters. The fraction of sp³-hybridized carbons (Fsp3) is 0.310. The van der Waals surface area contributed by atoms with Crippen LogP contribution in [0, 0.1) is 5.82 Å². The van der Waals surface area contributed by atoms with Crippen LogP contribution in [-0.2, 0) is 25.4 Å². The van der Waals surface area contributed by atoms with Crippen LogP contribution in [0.25, 0.3) is 11.2 Å². The van der Waals surface area contributed by atoms with Crippen molar-refractivity contribution in [2.45, 2.75) is 44.2 Å². The van der Waals surface area contributed by atoms with E-state index in [1.807, 2.05) is 30.3 Å². The van der Waals surface area contributed by atoms with E-state index >= 15 is 0 Å². The molecule has 2 aliphatic heterocycles. The highest BCUT2D eigenvalue weighted by atomic mass is 19.1. The lowest BCUT2D eigenvalue weighted by atomic mass is 10.0. The summed E-state index contributed by atoms with van der Waals surface area (Å²) in [6.45, 7) is 2.17. The van der Waals surface area contributed by atoms with Gasteiger partial charge in [-0.25, -0.2) is 28.9 Å². The number of amides is 3. The fourth-order valence-corrected chi connectivity index (χ4v) is 5.31. The van der Waals surface area contributed by atoms with Crippen molar-refractivity contribution in [1.29, 1.82) is 0 Å². The summed E-state index contributed by atoms with van der Waals surface area (Å²) in [6, 6.07) is 12.5. The molecule has 3 amide bonds. The van der Waals surface area contributed by atoms with E-state index in [-0.39, 0.29) is 23.5 Å². The second kappa shape index (κ2) is 12.3. The maximum absolute atomic E-state index is 14.4. The van der Waals surface area contributed by atoms with Crippen LogP contribution in [0.5, 0.6) is 0 Å². The van der Waals surface area contributed by atoms with Crippen molar-refractivity contribution in [3.8, 4) is 0 Å². The molecular formula is C29H28FN7O7. The second-order valence-corrected chi connectivity index (χ2v) is 10.1. The molecule has 4 N–H and O–H groups in total. The van der Waals surface area contributed by atoms with E-state index in [1.54, 1.807) is 11.5 Å². The summed E-state index contributed by atoms with van der Waals surface area (Å²) >= 11 is 0. The van der Waals surface area contributed by atoms with Crippen molar-refractivity contribution < 1.29 is 38.1 Å². The van der Waals surface area contributed by atoms with Crippen molar-refractivity contribution in [1.82, 2.24) is 30.2 Å². The van der Waals surface area contributed by atoms with E-state index in [9.17, 15) is 23.9 Å². The van der Waals surface area contributed by atoms with E-state index in [0.717, 1.165) is 11.6 Å². The quantitative estimate of drug-likeness (QED) is 0.222. The van der Waals surface area contributed by atoms with Crippen molar-refractivity contribution in [2.75, 3.05) is 18.4 Å². The minimum Gasteiger partial charge on any atom is -0.478 e. The van der Waals surface area contributed by atoms with Crippen LogP contribution in [0.4, 0.5) is 15.0 Å². The van der Waals surface area contributed by atoms with Gasteiger partial charge in [0.2, 0.25) is 5.91 Å². The summed E-state index contributed by atoms with van der Waals surface area (Å²) in [6.07, 6.45) is -1.21. The molecule has 0 saturated carbocycles. The number of nitrogens with one attached hydrogen (secondary N) is 3. The molecule has 2 aromatic heterocycles. The average Bonchev–Trinajstić information content (AvgIpc) is 3.72. The third kappa shape index (κ3) is 5.67. The van der Waals surface area contributed by atoms with Crippen LogP contribution >= 0.6 is 0 Å². The van der Waals surface area contributed by atoms with Gasteiger partial charge in [0.1, 0.15) is 30.5 Å². The molecule has 4 heterocycles. The summed E-state index contributed by atoms with van der Waals surface area (Å²) in [5, 5.41) is 17.4. The molecule has 4 unspecified atom stereocenters. The first-order chi connectivity index (χ1) is 21.3. The SMILES string of the molecule is CCNC(=O)Nc1ncnc2c1ncn2C1OC(CNC(=O)Cc2c(F)cccc2C(=O)O)C2O[C@H](c3ccccc3)OC21. The lowest BCUT2D eigenvalue weighted by Gasteiger charge is -2.21. The average molecular weight is 606 g/mol. The number of carbonyl (C=O) groups excluding carboxylic acids is 2. The Morgan fingerprint density at radius 2 is 1.77 bits per heavy atom. The number of ether oxygens (including phenoxy) is 3. The standard InChI is InChI=1S/C29H28FN7O7/c1-2-31-29(41)36-24-21-25(34-13-33-24)37(14-35-21)26-23-22(43-28(44-23)15-7-4-3-5-8-15)19(42-26)12-32-20(38)11-17-16(27(39)40)9-6-10-18(17)30/h3-10,13-14,19,22-23,26,28H,2,11-12H2,1H3,(H,32,38)(H,39,40)(H2,31,33,34,36,41)/t19?,22?,23?,26?,28-/m0/s1. The van der Waals surface area contributed by atoms with E-state index in [4.69, 9.17) is 14.2 Å². The van der Waals surface area contributed by atoms with Crippen LogP contribution in [0.2, 0.25) is 0 Å². The Bertz CT molecular complexity index is 1700. The van der Waals surface area contributed by atoms with E-state index in [2.05, 4.69) is 30.9 Å². The first kappa shape index (κ1) is 29.1. The predicted octanol–water partition coefficient (Wildman–Crippen LogP) is 2.54. The van der Waals surface area contributed by atoms with Crippen LogP contribution < -0.4 is 16.0 Å². The summed E-state index contributed by atoms with van der Waals surface area (Å²) in [4.78, 5) is 49.5. The molecule has 2 saturated heterocycles. The summed E-state index contributed by atoms with van der Waals surface area (Å²) in [5.41, 5.74) is 0.980. The molecule has 2 aromatic carbocycles. The molecular weight excluding hydrogens is 577 g/mol. The first-order valence-corrected chi connectivity index (χ1v) is 13.8. The lowest BCUT2D eigenvalue weighted by Crippen LogP contribution is -2.39. The third-order valence-electron chi connectivity index (χ3n) is 7.31. The summed E-state index contributed by atoms with van der Waals surface area (Å²) < 4.78 is 35.0. The van der Waals surface area contributed by atoms with Gasteiger partial charge in [-0.3, -0.25) is 14.7 Å². The molecule has 14 nitrogen and oxygen atoms in total. The van der Waals surface area contributed by atoms with Crippen molar-refractivity contribution in [2.24, 2.45) is 0 Å². The Labute approximate surface area is 249 Å². The molecule has 2 aliphatic rings. The van der Waals surface area contributed by atoms with Crippen LogP contribution in [0.1, 0.15) is 40.9 Å². The number of aromatic carboxylic acids is 1. The fourth-order valence-electron chi connectivity index (χ4n) is 5.31. The highest BCUT2D eigenvalue weighted by Crippen LogP contribution is 2.44. The smallest absolute Gasteiger partial charge is 0.336 e. The molecule has 0 spiro atoms. The molecule has 6 rings (SSSR count). The Morgan fingerprint density at radius 1 is 0.977 bits per heavy atom. The van der Waals surface area contributed by atoms with Gasteiger partial charge >= 0.3 is 12.0 Å². The first-order valence-electron chi connectivity index (χ1n) is 13.8. The highest BCUT2D eigenvalue weighted by molar-refractivity contribution is 5.95. The number of carboxylic acids is 1. The number of nitrogens with zero attached hydrogens (tertiary/aromatic N) is 4. The van der Waals surface area contributed by atoms with Gasteiger partial charge in [0.15, 0.2) is 29.5 Å². The highest BCUT2D eigenvalue weighted by Gasteiger charge is 2.54. The molecule has 2 fully saturated rings. The van der Waals surface area contributed by atoms with Gasteiger partial charge in [0, 0.05) is 24.2 Å².